The van der Waals surface area contributed by atoms with Gasteiger partial charge in [-0.15, -0.1) is 0 Å². The van der Waals surface area contributed by atoms with Gasteiger partial charge in [-0.3, -0.25) is 20.2 Å². The normalized spacial score (nSPS) is 25.6. The molecule has 3 fully saturated rings. The fourth-order valence-electron chi connectivity index (χ4n) is 3.53. The van der Waals surface area contributed by atoms with E-state index in [2.05, 4.69) is 10.2 Å². The number of nitrogens with one attached hydrogen (secondary N) is 1. The first-order valence-electron chi connectivity index (χ1n) is 7.69. The molecular formula is C14H15F3N4O4. The number of alkyl halides is 3. The molecule has 0 radical (unpaired) electrons. The van der Waals surface area contributed by atoms with E-state index in [0.29, 0.717) is 18.7 Å². The minimum absolute atomic E-state index is 0.187. The Morgan fingerprint density at radius 3 is 1.96 bits per heavy atom. The smallest absolute Gasteiger partial charge is 0.370 e. The number of nitro benzene ring substituents is 2. The van der Waals surface area contributed by atoms with Crippen LogP contribution in [0.5, 0.6) is 0 Å². The van der Waals surface area contributed by atoms with Gasteiger partial charge in [-0.05, 0) is 31.8 Å². The maximum atomic E-state index is 12.9. The summed E-state index contributed by atoms with van der Waals surface area (Å²) in [5, 5.41) is 25.3. The second-order valence-electron chi connectivity index (χ2n) is 6.29. The molecule has 3 aliphatic heterocycles. The Kier molecular flexibility index (Phi) is 4.27. The van der Waals surface area contributed by atoms with Gasteiger partial charge >= 0.3 is 6.18 Å². The lowest BCUT2D eigenvalue weighted by Crippen LogP contribution is -2.53. The number of nitrogens with zero attached hydrogens (tertiary/aromatic N) is 3. The molecule has 0 aromatic heterocycles. The Morgan fingerprint density at radius 2 is 1.60 bits per heavy atom. The molecule has 0 saturated carbocycles. The van der Waals surface area contributed by atoms with Gasteiger partial charge in [-0.2, -0.15) is 13.2 Å². The van der Waals surface area contributed by atoms with Crippen LogP contribution in [-0.4, -0.2) is 40.4 Å². The standard InChI is InChI=1S/C14H15F3N4O4/c15-14(16,17)9-5-11(20(22)23)13(12(6-9)21(24)25)18-10-7-19-3-1-8(10)2-4-19/h5-6,8,10,18H,1-4,7H2/t10-/m1/s1. The van der Waals surface area contributed by atoms with Crippen molar-refractivity contribution in [1.82, 2.24) is 4.90 Å². The van der Waals surface area contributed by atoms with E-state index in [9.17, 15) is 33.4 Å². The van der Waals surface area contributed by atoms with E-state index in [1.165, 1.54) is 0 Å². The molecular weight excluding hydrogens is 345 g/mol. The number of nitro groups is 2. The van der Waals surface area contributed by atoms with E-state index in [0.717, 1.165) is 25.9 Å². The summed E-state index contributed by atoms with van der Waals surface area (Å²) in [6, 6.07) is 0.421. The highest BCUT2D eigenvalue weighted by molar-refractivity contribution is 5.75. The fourth-order valence-corrected chi connectivity index (χ4v) is 3.53. The molecule has 0 spiro atoms. The molecule has 1 N–H and O–H groups in total. The number of hydrogen-bond donors (Lipinski definition) is 1. The predicted molar refractivity (Wildman–Crippen MR) is 81.3 cm³/mol. The Balaban J connectivity index is 2.04. The molecule has 0 unspecified atom stereocenters. The Hall–Kier alpha value is -2.43. The number of hydrogen-bond acceptors (Lipinski definition) is 6. The Labute approximate surface area is 139 Å². The molecule has 1 aromatic carbocycles. The second-order valence-corrected chi connectivity index (χ2v) is 6.29. The Morgan fingerprint density at radius 1 is 1.08 bits per heavy atom. The zero-order valence-corrected chi connectivity index (χ0v) is 13.0. The van der Waals surface area contributed by atoms with Crippen LogP contribution >= 0.6 is 0 Å². The second kappa shape index (κ2) is 6.14. The SMILES string of the molecule is O=[N+]([O-])c1cc(C(F)(F)F)cc([N+](=O)[O-])c1N[C@@H]1CN2CCC1CC2. The third kappa shape index (κ3) is 3.36. The maximum Gasteiger partial charge on any atom is 0.416 e. The predicted octanol–water partition coefficient (Wildman–Crippen LogP) is 3.03. The van der Waals surface area contributed by atoms with Crippen molar-refractivity contribution in [3.63, 3.8) is 0 Å². The number of rotatable bonds is 4. The molecule has 8 nitrogen and oxygen atoms in total. The van der Waals surface area contributed by atoms with Crippen molar-refractivity contribution >= 4 is 17.1 Å². The van der Waals surface area contributed by atoms with Crippen LogP contribution in [0.1, 0.15) is 18.4 Å². The largest absolute Gasteiger partial charge is 0.416 e. The fraction of sp³-hybridized carbons (Fsp3) is 0.571. The lowest BCUT2D eigenvalue weighted by Gasteiger charge is -2.45. The zero-order valence-electron chi connectivity index (χ0n) is 13.0. The van der Waals surface area contributed by atoms with Crippen LogP contribution < -0.4 is 5.32 Å². The van der Waals surface area contributed by atoms with Gasteiger partial charge in [-0.1, -0.05) is 0 Å². The molecule has 1 atom stereocenters. The van der Waals surface area contributed by atoms with Gasteiger partial charge < -0.3 is 10.2 Å². The van der Waals surface area contributed by atoms with Crippen molar-refractivity contribution in [2.24, 2.45) is 5.92 Å². The van der Waals surface area contributed by atoms with Crippen molar-refractivity contribution in [2.75, 3.05) is 25.0 Å². The van der Waals surface area contributed by atoms with E-state index in [4.69, 9.17) is 0 Å². The molecule has 0 amide bonds. The zero-order chi connectivity index (χ0) is 18.4. The molecule has 3 aliphatic rings. The van der Waals surface area contributed by atoms with Gasteiger partial charge in [0.25, 0.3) is 11.4 Å². The van der Waals surface area contributed by atoms with Crippen LogP contribution in [-0.2, 0) is 6.18 Å². The van der Waals surface area contributed by atoms with E-state index in [-0.39, 0.29) is 12.0 Å². The highest BCUT2D eigenvalue weighted by atomic mass is 19.4. The third-order valence-electron chi connectivity index (χ3n) is 4.80. The van der Waals surface area contributed by atoms with Crippen molar-refractivity contribution in [3.05, 3.63) is 37.9 Å². The van der Waals surface area contributed by atoms with Crippen molar-refractivity contribution in [1.29, 1.82) is 0 Å². The molecule has 136 valence electrons. The van der Waals surface area contributed by atoms with E-state index in [1.807, 2.05) is 0 Å². The topological polar surface area (TPSA) is 102 Å². The number of fused-ring (bicyclic) bond motifs is 3. The summed E-state index contributed by atoms with van der Waals surface area (Å²) in [5.41, 5.74) is -3.73. The van der Waals surface area contributed by atoms with Crippen LogP contribution in [0.3, 0.4) is 0 Å². The van der Waals surface area contributed by atoms with Gasteiger partial charge in [0.2, 0.25) is 0 Å². The number of anilines is 1. The molecule has 25 heavy (non-hydrogen) atoms. The van der Waals surface area contributed by atoms with Gasteiger partial charge in [0.15, 0.2) is 5.69 Å². The monoisotopic (exact) mass is 360 g/mol. The summed E-state index contributed by atoms with van der Waals surface area (Å²) < 4.78 is 38.7. The molecule has 3 saturated heterocycles. The summed E-state index contributed by atoms with van der Waals surface area (Å²) in [4.78, 5) is 22.6. The van der Waals surface area contributed by atoms with Crippen molar-refractivity contribution in [3.8, 4) is 0 Å². The van der Waals surface area contributed by atoms with Crippen LogP contribution in [0.4, 0.5) is 30.2 Å². The summed E-state index contributed by atoms with van der Waals surface area (Å²) in [7, 11) is 0. The molecule has 4 rings (SSSR count). The average molecular weight is 360 g/mol. The molecule has 1 aromatic rings. The first-order valence-corrected chi connectivity index (χ1v) is 7.69. The van der Waals surface area contributed by atoms with Gasteiger partial charge in [-0.25, -0.2) is 0 Å². The highest BCUT2D eigenvalue weighted by Gasteiger charge is 2.40. The van der Waals surface area contributed by atoms with Crippen LogP contribution in [0.15, 0.2) is 12.1 Å². The minimum Gasteiger partial charge on any atom is -0.370 e. The maximum absolute atomic E-state index is 12.9. The van der Waals surface area contributed by atoms with Crippen LogP contribution in [0.2, 0.25) is 0 Å². The number of benzene rings is 1. The number of piperidine rings is 3. The van der Waals surface area contributed by atoms with E-state index in [1.54, 1.807) is 0 Å². The quantitative estimate of drug-likeness (QED) is 0.654. The van der Waals surface area contributed by atoms with Gasteiger partial charge in [0.1, 0.15) is 0 Å². The van der Waals surface area contributed by atoms with E-state index < -0.39 is 38.6 Å². The van der Waals surface area contributed by atoms with Crippen molar-refractivity contribution < 1.29 is 23.0 Å². The first kappa shape index (κ1) is 17.4. The molecule has 2 bridgehead atoms. The lowest BCUT2D eigenvalue weighted by molar-refractivity contribution is -0.392. The molecule has 0 aliphatic carbocycles. The van der Waals surface area contributed by atoms with Crippen LogP contribution in [0, 0.1) is 26.1 Å². The van der Waals surface area contributed by atoms with Gasteiger partial charge in [0.05, 0.1) is 15.4 Å². The molecule has 3 heterocycles. The summed E-state index contributed by atoms with van der Waals surface area (Å²) >= 11 is 0. The van der Waals surface area contributed by atoms with Gasteiger partial charge in [0, 0.05) is 24.7 Å². The first-order chi connectivity index (χ1) is 11.7. The minimum atomic E-state index is -4.91. The summed E-state index contributed by atoms with van der Waals surface area (Å²) in [5.74, 6) is 0.187. The molecule has 11 heteroatoms. The van der Waals surface area contributed by atoms with E-state index >= 15 is 0 Å². The number of halogens is 3. The summed E-state index contributed by atoms with van der Waals surface area (Å²) in [6.07, 6.45) is -3.22. The van der Waals surface area contributed by atoms with Crippen LogP contribution in [0.25, 0.3) is 0 Å². The summed E-state index contributed by atoms with van der Waals surface area (Å²) in [6.45, 7) is 2.33. The highest BCUT2D eigenvalue weighted by Crippen LogP contribution is 2.42. The lowest BCUT2D eigenvalue weighted by atomic mass is 9.84. The average Bonchev–Trinajstić information content (AvgIpc) is 2.54. The van der Waals surface area contributed by atoms with Crippen molar-refractivity contribution in [2.45, 2.75) is 25.1 Å². The third-order valence-corrected chi connectivity index (χ3v) is 4.80. The Bertz CT molecular complexity index is 682.